The Morgan fingerprint density at radius 2 is 1.96 bits per heavy atom. The van der Waals surface area contributed by atoms with E-state index in [9.17, 15) is 22.8 Å². The Bertz CT molecular complexity index is 757. The average Bonchev–Trinajstić information content (AvgIpc) is 3.03. The first kappa shape index (κ1) is 20.5. The lowest BCUT2D eigenvalue weighted by Gasteiger charge is -2.21. The highest BCUT2D eigenvalue weighted by atomic mass is 19.2. The van der Waals surface area contributed by atoms with Crippen molar-refractivity contribution in [2.75, 3.05) is 39.1 Å². The van der Waals surface area contributed by atoms with Crippen LogP contribution in [0.2, 0.25) is 0 Å². The molecular formula is C17H21F3N4O3. The van der Waals surface area contributed by atoms with E-state index in [0.29, 0.717) is 19.0 Å². The Morgan fingerprint density at radius 1 is 1.26 bits per heavy atom. The van der Waals surface area contributed by atoms with Gasteiger partial charge in [0.2, 0.25) is 5.91 Å². The summed E-state index contributed by atoms with van der Waals surface area (Å²) in [6.45, 7) is 2.55. The van der Waals surface area contributed by atoms with Crippen molar-refractivity contribution in [1.29, 1.82) is 0 Å². The molecule has 1 aliphatic heterocycles. The van der Waals surface area contributed by atoms with Gasteiger partial charge in [-0.25, -0.2) is 13.2 Å². The second-order valence-corrected chi connectivity index (χ2v) is 6.18. The molecule has 2 N–H and O–H groups in total. The van der Waals surface area contributed by atoms with Crippen molar-refractivity contribution in [3.63, 3.8) is 0 Å². The number of halogens is 3. The minimum Gasteiger partial charge on any atom is -0.469 e. The predicted octanol–water partition coefficient (Wildman–Crippen LogP) is 1.36. The van der Waals surface area contributed by atoms with Gasteiger partial charge in [-0.05, 0) is 18.1 Å². The molecule has 1 amide bonds. The number of ether oxygens (including phenoxy) is 1. The van der Waals surface area contributed by atoms with Crippen LogP contribution in [0.1, 0.15) is 6.92 Å². The van der Waals surface area contributed by atoms with E-state index in [-0.39, 0.29) is 24.3 Å². The van der Waals surface area contributed by atoms with E-state index in [4.69, 9.17) is 4.74 Å². The van der Waals surface area contributed by atoms with Crippen LogP contribution in [0.5, 0.6) is 0 Å². The maximum Gasteiger partial charge on any atom is 0.310 e. The van der Waals surface area contributed by atoms with Crippen LogP contribution in [0.3, 0.4) is 0 Å². The van der Waals surface area contributed by atoms with Gasteiger partial charge in [-0.2, -0.15) is 0 Å². The van der Waals surface area contributed by atoms with Gasteiger partial charge in [0, 0.05) is 20.1 Å². The van der Waals surface area contributed by atoms with Crippen LogP contribution in [0.25, 0.3) is 0 Å². The Hall–Kier alpha value is -2.78. The zero-order valence-electron chi connectivity index (χ0n) is 15.2. The predicted molar refractivity (Wildman–Crippen MR) is 92.6 cm³/mol. The normalized spacial score (nSPS) is 19.8. The molecule has 7 nitrogen and oxygen atoms in total. The molecule has 1 aromatic rings. The zero-order valence-corrected chi connectivity index (χ0v) is 15.2. The molecule has 0 aromatic heterocycles. The monoisotopic (exact) mass is 386 g/mol. The second-order valence-electron chi connectivity index (χ2n) is 6.18. The smallest absolute Gasteiger partial charge is 0.310 e. The van der Waals surface area contributed by atoms with Crippen molar-refractivity contribution in [2.24, 2.45) is 16.8 Å². The van der Waals surface area contributed by atoms with Crippen LogP contribution >= 0.6 is 0 Å². The van der Waals surface area contributed by atoms with E-state index in [1.165, 1.54) is 14.2 Å². The minimum atomic E-state index is -1.66. The molecule has 1 aromatic carbocycles. The molecule has 2 unspecified atom stereocenters. The van der Waals surface area contributed by atoms with E-state index >= 15 is 0 Å². The Balaban J connectivity index is 1.94. The molecule has 2 atom stereocenters. The number of methoxy groups -OCH3 is 1. The molecule has 1 heterocycles. The lowest BCUT2D eigenvalue weighted by atomic mass is 9.99. The summed E-state index contributed by atoms with van der Waals surface area (Å²) >= 11 is 0. The number of nitrogens with zero attached hydrogens (tertiary/aromatic N) is 2. The minimum absolute atomic E-state index is 0.0427. The number of hydrogen-bond acceptors (Lipinski definition) is 4. The van der Waals surface area contributed by atoms with Crippen molar-refractivity contribution < 1.29 is 27.5 Å². The maximum absolute atomic E-state index is 13.6. The van der Waals surface area contributed by atoms with Crippen molar-refractivity contribution in [2.45, 2.75) is 6.92 Å². The third-order valence-corrected chi connectivity index (χ3v) is 4.34. The summed E-state index contributed by atoms with van der Waals surface area (Å²) in [6, 6.07) is 1.66. The number of aliphatic imine (C=N–C) groups is 1. The van der Waals surface area contributed by atoms with Gasteiger partial charge in [-0.3, -0.25) is 14.6 Å². The quantitative estimate of drug-likeness (QED) is 0.353. The highest BCUT2D eigenvalue weighted by Gasteiger charge is 2.36. The molecular weight excluding hydrogens is 365 g/mol. The summed E-state index contributed by atoms with van der Waals surface area (Å²) in [4.78, 5) is 29.6. The molecule has 0 saturated carbocycles. The van der Waals surface area contributed by atoms with Crippen LogP contribution in [-0.2, 0) is 14.3 Å². The van der Waals surface area contributed by atoms with Gasteiger partial charge < -0.3 is 20.3 Å². The van der Waals surface area contributed by atoms with Gasteiger partial charge in [0.15, 0.2) is 23.4 Å². The molecule has 0 bridgehead atoms. The summed E-state index contributed by atoms with van der Waals surface area (Å²) in [7, 11) is 2.85. The number of hydrogen-bond donors (Lipinski definition) is 2. The summed E-state index contributed by atoms with van der Waals surface area (Å²) in [5, 5.41) is 4.96. The van der Waals surface area contributed by atoms with Gasteiger partial charge >= 0.3 is 5.97 Å². The molecule has 27 heavy (non-hydrogen) atoms. The molecule has 2 rings (SSSR count). The van der Waals surface area contributed by atoms with Gasteiger partial charge in [-0.1, -0.05) is 6.92 Å². The number of benzene rings is 1. The van der Waals surface area contributed by atoms with E-state index < -0.39 is 29.0 Å². The molecule has 0 aliphatic carbocycles. The first-order valence-corrected chi connectivity index (χ1v) is 8.25. The number of nitrogens with one attached hydrogen (secondary N) is 2. The maximum atomic E-state index is 13.6. The number of carbonyl (C=O) groups excluding carboxylic acids is 2. The van der Waals surface area contributed by atoms with Gasteiger partial charge in [-0.15, -0.1) is 0 Å². The number of rotatable bonds is 4. The lowest BCUT2D eigenvalue weighted by Crippen LogP contribution is -2.43. The molecule has 0 radical (unpaired) electrons. The van der Waals surface area contributed by atoms with Crippen LogP contribution in [0, 0.1) is 29.3 Å². The van der Waals surface area contributed by atoms with Gasteiger partial charge in [0.05, 0.1) is 25.3 Å². The Labute approximate surface area is 154 Å². The Morgan fingerprint density at radius 3 is 2.59 bits per heavy atom. The number of anilines is 1. The van der Waals surface area contributed by atoms with E-state index in [1.54, 1.807) is 4.90 Å². The number of esters is 1. The molecule has 1 saturated heterocycles. The standard InChI is InChI=1S/C17H21F3N4O3/c1-9-7-24(8-10(9)16(26)27-3)17(21-2)22-6-13(25)23-12-5-4-11(18)14(19)15(12)20/h4-5,9-10H,6-8H2,1-3H3,(H,21,22)(H,23,25). The lowest BCUT2D eigenvalue weighted by molar-refractivity contribution is -0.146. The van der Waals surface area contributed by atoms with Crippen molar-refractivity contribution in [3.05, 3.63) is 29.6 Å². The molecule has 148 valence electrons. The third kappa shape index (κ3) is 4.69. The first-order valence-electron chi connectivity index (χ1n) is 8.25. The van der Waals surface area contributed by atoms with Crippen LogP contribution in [0.4, 0.5) is 18.9 Å². The third-order valence-electron chi connectivity index (χ3n) is 4.34. The van der Waals surface area contributed by atoms with Crippen LogP contribution < -0.4 is 10.6 Å². The number of likely N-dealkylation sites (tertiary alicyclic amines) is 1. The molecule has 1 aliphatic rings. The van der Waals surface area contributed by atoms with E-state index in [1.807, 2.05) is 6.92 Å². The highest BCUT2D eigenvalue weighted by Crippen LogP contribution is 2.24. The SMILES string of the molecule is CN=C(NCC(=O)Nc1ccc(F)c(F)c1F)N1CC(C)C(C(=O)OC)C1. The van der Waals surface area contributed by atoms with Crippen LogP contribution in [-0.4, -0.2) is 56.5 Å². The van der Waals surface area contributed by atoms with Crippen molar-refractivity contribution in [1.82, 2.24) is 10.2 Å². The number of carbonyl (C=O) groups is 2. The largest absolute Gasteiger partial charge is 0.469 e. The van der Waals surface area contributed by atoms with Crippen molar-refractivity contribution in [3.8, 4) is 0 Å². The van der Waals surface area contributed by atoms with Crippen molar-refractivity contribution >= 4 is 23.5 Å². The summed E-state index contributed by atoms with van der Waals surface area (Å²) < 4.78 is 44.5. The summed E-state index contributed by atoms with van der Waals surface area (Å²) in [5.41, 5.74) is -0.462. The van der Waals surface area contributed by atoms with Crippen LogP contribution in [0.15, 0.2) is 17.1 Å². The number of guanidine groups is 1. The van der Waals surface area contributed by atoms with Gasteiger partial charge in [0.25, 0.3) is 0 Å². The molecule has 0 spiro atoms. The molecule has 10 heteroatoms. The fraction of sp³-hybridized carbons (Fsp3) is 0.471. The first-order chi connectivity index (χ1) is 12.8. The van der Waals surface area contributed by atoms with Gasteiger partial charge in [0.1, 0.15) is 0 Å². The fourth-order valence-electron chi connectivity index (χ4n) is 2.91. The molecule has 1 fully saturated rings. The highest BCUT2D eigenvalue weighted by molar-refractivity contribution is 5.95. The Kier molecular flexibility index (Phi) is 6.65. The zero-order chi connectivity index (χ0) is 20.1. The number of amides is 1. The van der Waals surface area contributed by atoms with E-state index in [0.717, 1.165) is 12.1 Å². The second kappa shape index (κ2) is 8.74. The van der Waals surface area contributed by atoms with E-state index in [2.05, 4.69) is 15.6 Å². The topological polar surface area (TPSA) is 83.0 Å². The summed E-state index contributed by atoms with van der Waals surface area (Å²) in [5.74, 6) is -5.33. The summed E-state index contributed by atoms with van der Waals surface area (Å²) in [6.07, 6.45) is 0. The average molecular weight is 386 g/mol. The fourth-order valence-corrected chi connectivity index (χ4v) is 2.91.